The molecule has 1 saturated carbocycles. The number of hydrogen-bond donors (Lipinski definition) is 1. The van der Waals surface area contributed by atoms with Gasteiger partial charge < -0.3 is 19.5 Å². The van der Waals surface area contributed by atoms with Crippen molar-refractivity contribution in [1.29, 1.82) is 0 Å². The number of rotatable bonds is 3. The van der Waals surface area contributed by atoms with E-state index < -0.39 is 5.60 Å². The molecule has 0 aromatic rings. The molecule has 0 aromatic heterocycles. The van der Waals surface area contributed by atoms with Crippen molar-refractivity contribution in [3.8, 4) is 0 Å². The number of amides is 1. The molecule has 5 nitrogen and oxygen atoms in total. The Labute approximate surface area is 126 Å². The van der Waals surface area contributed by atoms with E-state index in [9.17, 15) is 9.90 Å². The number of ether oxygens (including phenoxy) is 2. The topological polar surface area (TPSA) is 59.0 Å². The van der Waals surface area contributed by atoms with Crippen molar-refractivity contribution in [3.63, 3.8) is 0 Å². The van der Waals surface area contributed by atoms with Gasteiger partial charge in [0.15, 0.2) is 0 Å². The first kappa shape index (κ1) is 15.3. The number of likely N-dealkylation sites (tertiary alicyclic amines) is 1. The lowest BCUT2D eigenvalue weighted by molar-refractivity contribution is -0.193. The molecule has 3 rings (SSSR count). The van der Waals surface area contributed by atoms with Gasteiger partial charge in [0, 0.05) is 39.0 Å². The van der Waals surface area contributed by atoms with Crippen LogP contribution < -0.4 is 0 Å². The summed E-state index contributed by atoms with van der Waals surface area (Å²) in [7, 11) is 1.62. The van der Waals surface area contributed by atoms with Crippen molar-refractivity contribution in [1.82, 2.24) is 4.90 Å². The second-order valence-corrected chi connectivity index (χ2v) is 7.07. The van der Waals surface area contributed by atoms with Crippen molar-refractivity contribution in [2.45, 2.75) is 56.1 Å². The third kappa shape index (κ3) is 3.10. The first-order chi connectivity index (χ1) is 10.1. The SMILES string of the molecule is COCC1(O)CCOC2(CCN(C(=O)C3CCC3)CC2)C1. The third-order valence-corrected chi connectivity index (χ3v) is 5.48. The quantitative estimate of drug-likeness (QED) is 0.854. The molecule has 120 valence electrons. The van der Waals surface area contributed by atoms with Gasteiger partial charge in [-0.15, -0.1) is 0 Å². The van der Waals surface area contributed by atoms with Crippen molar-refractivity contribution in [3.05, 3.63) is 0 Å². The molecule has 1 N–H and O–H groups in total. The Morgan fingerprint density at radius 2 is 2.05 bits per heavy atom. The Balaban J connectivity index is 1.57. The van der Waals surface area contributed by atoms with Crippen LogP contribution in [0.25, 0.3) is 0 Å². The highest BCUT2D eigenvalue weighted by Crippen LogP contribution is 2.40. The first-order valence-electron chi connectivity index (χ1n) is 8.20. The molecule has 0 radical (unpaired) electrons. The van der Waals surface area contributed by atoms with E-state index in [1.807, 2.05) is 4.90 Å². The van der Waals surface area contributed by atoms with E-state index in [0.29, 0.717) is 32.0 Å². The van der Waals surface area contributed by atoms with Crippen molar-refractivity contribution < 1.29 is 19.4 Å². The second-order valence-electron chi connectivity index (χ2n) is 7.07. The van der Waals surface area contributed by atoms with E-state index in [1.165, 1.54) is 6.42 Å². The summed E-state index contributed by atoms with van der Waals surface area (Å²) in [6.07, 6.45) is 6.23. The third-order valence-electron chi connectivity index (χ3n) is 5.48. The molecule has 1 amide bonds. The number of aliphatic hydroxyl groups is 1. The first-order valence-corrected chi connectivity index (χ1v) is 8.20. The van der Waals surface area contributed by atoms with Gasteiger partial charge in [0.1, 0.15) is 0 Å². The monoisotopic (exact) mass is 297 g/mol. The molecule has 0 bridgehead atoms. The van der Waals surface area contributed by atoms with E-state index in [4.69, 9.17) is 9.47 Å². The molecule has 3 aliphatic rings. The standard InChI is InChI=1S/C16H27NO4/c1-20-12-15(19)7-10-21-16(11-15)5-8-17(9-6-16)14(18)13-3-2-4-13/h13,19H,2-12H2,1H3. The summed E-state index contributed by atoms with van der Waals surface area (Å²) in [6.45, 7) is 2.47. The Bertz CT molecular complexity index is 384. The molecule has 1 unspecified atom stereocenters. The molecular weight excluding hydrogens is 270 g/mol. The maximum atomic E-state index is 12.3. The van der Waals surface area contributed by atoms with E-state index >= 15 is 0 Å². The average molecular weight is 297 g/mol. The molecule has 3 fully saturated rings. The van der Waals surface area contributed by atoms with Gasteiger partial charge in [-0.2, -0.15) is 0 Å². The molecule has 2 saturated heterocycles. The van der Waals surface area contributed by atoms with Crippen LogP contribution in [-0.2, 0) is 14.3 Å². The molecule has 2 heterocycles. The van der Waals surface area contributed by atoms with Crippen LogP contribution in [0.4, 0.5) is 0 Å². The van der Waals surface area contributed by atoms with Gasteiger partial charge >= 0.3 is 0 Å². The van der Waals surface area contributed by atoms with Gasteiger partial charge in [-0.1, -0.05) is 6.42 Å². The highest BCUT2D eigenvalue weighted by molar-refractivity contribution is 5.79. The van der Waals surface area contributed by atoms with Gasteiger partial charge in [0.05, 0.1) is 24.4 Å². The maximum absolute atomic E-state index is 12.3. The van der Waals surface area contributed by atoms with Crippen LogP contribution in [0.1, 0.15) is 44.9 Å². The van der Waals surface area contributed by atoms with E-state index in [2.05, 4.69) is 0 Å². The minimum atomic E-state index is -0.771. The summed E-state index contributed by atoms with van der Waals surface area (Å²) in [6, 6.07) is 0. The highest BCUT2D eigenvalue weighted by atomic mass is 16.5. The zero-order chi connectivity index (χ0) is 14.9. The zero-order valence-electron chi connectivity index (χ0n) is 13.0. The highest BCUT2D eigenvalue weighted by Gasteiger charge is 2.47. The fourth-order valence-electron chi connectivity index (χ4n) is 3.96. The Morgan fingerprint density at radius 1 is 1.33 bits per heavy atom. The van der Waals surface area contributed by atoms with E-state index in [-0.39, 0.29) is 11.5 Å². The van der Waals surface area contributed by atoms with Crippen LogP contribution in [0.5, 0.6) is 0 Å². The summed E-state index contributed by atoms with van der Waals surface area (Å²) < 4.78 is 11.2. The summed E-state index contributed by atoms with van der Waals surface area (Å²) in [5.41, 5.74) is -1.03. The fraction of sp³-hybridized carbons (Fsp3) is 0.938. The minimum absolute atomic E-state index is 0.262. The van der Waals surface area contributed by atoms with Crippen LogP contribution in [0.15, 0.2) is 0 Å². The van der Waals surface area contributed by atoms with E-state index in [1.54, 1.807) is 7.11 Å². The van der Waals surface area contributed by atoms with Gasteiger partial charge in [0.2, 0.25) is 5.91 Å². The molecular formula is C16H27NO4. The van der Waals surface area contributed by atoms with E-state index in [0.717, 1.165) is 38.8 Å². The molecule has 1 aliphatic carbocycles. The summed E-state index contributed by atoms with van der Waals surface area (Å²) in [5, 5.41) is 10.6. The lowest BCUT2D eigenvalue weighted by Crippen LogP contribution is -2.57. The molecule has 1 atom stereocenters. The Morgan fingerprint density at radius 3 is 2.62 bits per heavy atom. The van der Waals surface area contributed by atoms with Gasteiger partial charge in [-0.3, -0.25) is 4.79 Å². The smallest absolute Gasteiger partial charge is 0.225 e. The predicted octanol–water partition coefficient (Wildman–Crippen LogP) is 1.34. The van der Waals surface area contributed by atoms with Gasteiger partial charge in [-0.25, -0.2) is 0 Å². The number of piperidine rings is 1. The van der Waals surface area contributed by atoms with Crippen LogP contribution in [0, 0.1) is 5.92 Å². The summed E-state index contributed by atoms with van der Waals surface area (Å²) >= 11 is 0. The Kier molecular flexibility index (Phi) is 4.26. The van der Waals surface area contributed by atoms with Crippen LogP contribution in [0.3, 0.4) is 0 Å². The molecule has 21 heavy (non-hydrogen) atoms. The number of carbonyl (C=O) groups excluding carboxylic acids is 1. The van der Waals surface area contributed by atoms with Crippen LogP contribution >= 0.6 is 0 Å². The average Bonchev–Trinajstić information content (AvgIpc) is 2.37. The van der Waals surface area contributed by atoms with Crippen molar-refractivity contribution >= 4 is 5.91 Å². The lowest BCUT2D eigenvalue weighted by Gasteiger charge is -2.49. The zero-order valence-corrected chi connectivity index (χ0v) is 13.0. The Hall–Kier alpha value is -0.650. The summed E-state index contributed by atoms with van der Waals surface area (Å²) in [5.74, 6) is 0.607. The number of nitrogens with zero attached hydrogens (tertiary/aromatic N) is 1. The van der Waals surface area contributed by atoms with Crippen LogP contribution in [0.2, 0.25) is 0 Å². The lowest BCUT2D eigenvalue weighted by atomic mass is 9.76. The fourth-order valence-corrected chi connectivity index (χ4v) is 3.96. The molecule has 2 aliphatic heterocycles. The maximum Gasteiger partial charge on any atom is 0.225 e. The number of hydrogen-bond acceptors (Lipinski definition) is 4. The molecule has 1 spiro atoms. The van der Waals surface area contributed by atoms with Crippen molar-refractivity contribution in [2.24, 2.45) is 5.92 Å². The minimum Gasteiger partial charge on any atom is -0.387 e. The normalized spacial score (nSPS) is 33.0. The van der Waals surface area contributed by atoms with Gasteiger partial charge in [-0.05, 0) is 25.7 Å². The van der Waals surface area contributed by atoms with Crippen LogP contribution in [-0.4, -0.2) is 60.5 Å². The summed E-state index contributed by atoms with van der Waals surface area (Å²) in [4.78, 5) is 14.3. The van der Waals surface area contributed by atoms with Gasteiger partial charge in [0.25, 0.3) is 0 Å². The predicted molar refractivity (Wildman–Crippen MR) is 77.9 cm³/mol. The largest absolute Gasteiger partial charge is 0.387 e. The number of methoxy groups -OCH3 is 1. The molecule has 5 heteroatoms. The van der Waals surface area contributed by atoms with Crippen molar-refractivity contribution in [2.75, 3.05) is 33.4 Å². The number of carbonyl (C=O) groups is 1. The molecule has 0 aromatic carbocycles. The second kappa shape index (κ2) is 5.86.